The van der Waals surface area contributed by atoms with Gasteiger partial charge in [-0.3, -0.25) is 4.57 Å². The van der Waals surface area contributed by atoms with E-state index in [1.165, 1.54) is 12.1 Å². The number of pyridine rings is 1. The zero-order valence-corrected chi connectivity index (χ0v) is 41.9. The maximum absolute atomic E-state index is 15.2. The molecule has 5 aromatic heterocycles. The van der Waals surface area contributed by atoms with Crippen molar-refractivity contribution in [2.24, 2.45) is 0 Å². The number of rotatable bonds is 6. The average molecular weight is 1050 g/mol. The van der Waals surface area contributed by atoms with E-state index in [0.29, 0.717) is 55.0 Å². The molecule has 0 amide bonds. The smallest absolute Gasteiger partial charge is 0.309 e. The molecule has 0 aliphatic heterocycles. The van der Waals surface area contributed by atoms with Crippen LogP contribution < -0.4 is 0 Å². The molecule has 6 nitrogen and oxygen atoms in total. The molecule has 0 fully saturated rings. The molecular formula is C68H38F6N6. The van der Waals surface area contributed by atoms with Crippen LogP contribution in [-0.2, 0) is 12.4 Å². The first kappa shape index (κ1) is 46.9. The Hall–Kier alpha value is -10.4. The number of fused-ring (bicyclic) bond motifs is 12. The van der Waals surface area contributed by atoms with E-state index in [1.54, 1.807) is 45.5 Å². The van der Waals surface area contributed by atoms with Crippen LogP contribution in [0, 0.1) is 11.3 Å². The molecule has 0 aliphatic rings. The van der Waals surface area contributed by atoms with E-state index in [1.807, 2.05) is 152 Å². The highest BCUT2D eigenvalue weighted by Gasteiger charge is 2.36. The largest absolute Gasteiger partial charge is 0.416 e. The predicted octanol–water partition coefficient (Wildman–Crippen LogP) is 18.7. The van der Waals surface area contributed by atoms with Gasteiger partial charge in [-0.05, 0) is 72.8 Å². The van der Waals surface area contributed by atoms with Crippen molar-refractivity contribution >= 4 is 87.2 Å². The SMILES string of the molecule is N#Cc1c(-c2cccc3c4ccccc4n(-c4ccccc4)c23)c(-c2cccc3c4ccccc4n(-c4ccccc4)c23)nc(-n2c3ccccc3c3ccc(C(F)(F)F)cc32)c1-n1c2ccccc2c2ccc(C(F)(F)F)cc21. The summed E-state index contributed by atoms with van der Waals surface area (Å²) in [5.74, 6) is 0.0149. The van der Waals surface area contributed by atoms with Gasteiger partial charge in [-0.15, -0.1) is 0 Å². The van der Waals surface area contributed by atoms with E-state index in [4.69, 9.17) is 4.98 Å². The van der Waals surface area contributed by atoms with Crippen molar-refractivity contribution < 1.29 is 26.3 Å². The van der Waals surface area contributed by atoms with Crippen molar-refractivity contribution in [3.05, 3.63) is 247 Å². The maximum atomic E-state index is 15.2. The van der Waals surface area contributed by atoms with Gasteiger partial charge in [0.2, 0.25) is 0 Å². The third-order valence-electron chi connectivity index (χ3n) is 15.6. The molecule has 0 unspecified atom stereocenters. The highest BCUT2D eigenvalue weighted by Crippen LogP contribution is 2.50. The lowest BCUT2D eigenvalue weighted by atomic mass is 9.91. The minimum Gasteiger partial charge on any atom is -0.309 e. The number of para-hydroxylation sites is 8. The Bertz CT molecular complexity index is 5110. The minimum atomic E-state index is -4.78. The Morgan fingerprint density at radius 1 is 0.350 bits per heavy atom. The van der Waals surface area contributed by atoms with Crippen LogP contribution in [0.1, 0.15) is 16.7 Å². The van der Waals surface area contributed by atoms with Crippen molar-refractivity contribution in [3.8, 4) is 51.3 Å². The van der Waals surface area contributed by atoms with E-state index in [0.717, 1.165) is 79.3 Å². The van der Waals surface area contributed by atoms with Crippen LogP contribution in [0.4, 0.5) is 26.3 Å². The molecule has 0 atom stereocenters. The van der Waals surface area contributed by atoms with Gasteiger partial charge in [-0.25, -0.2) is 4.98 Å². The molecule has 5 heterocycles. The molecule has 0 spiro atoms. The van der Waals surface area contributed by atoms with Gasteiger partial charge >= 0.3 is 12.4 Å². The van der Waals surface area contributed by atoms with Crippen molar-refractivity contribution in [1.29, 1.82) is 5.26 Å². The topological polar surface area (TPSA) is 56.4 Å². The Balaban J connectivity index is 1.23. The summed E-state index contributed by atoms with van der Waals surface area (Å²) in [7, 11) is 0. The molecule has 12 heteroatoms. The molecule has 382 valence electrons. The quantitative estimate of drug-likeness (QED) is 0.156. The van der Waals surface area contributed by atoms with Gasteiger partial charge in [-0.2, -0.15) is 31.6 Å². The van der Waals surface area contributed by atoms with Crippen LogP contribution in [-0.4, -0.2) is 23.3 Å². The molecule has 10 aromatic carbocycles. The molecule has 0 saturated heterocycles. The summed E-state index contributed by atoms with van der Waals surface area (Å²) in [5.41, 5.74) is 6.07. The van der Waals surface area contributed by atoms with Crippen LogP contribution in [0.3, 0.4) is 0 Å². The standard InChI is InChI=1S/C68H38F6N6/c69-67(70,71)40-33-35-48-44-21-7-13-31-57(44)79(59(48)37-40)65-54(39-75)61(52-27-15-25-50-46-23-9-11-29-55(46)77(63(50)52)42-17-3-1-4-18-42)62(53-28-16-26-51-47-24-10-12-30-56(47)78(64(51)53)43-19-5-2-6-20-43)76-66(65)80-58-32-14-8-22-45(58)49-36-34-41(38-60(49)80)68(72,73)74/h1-38H. The average Bonchev–Trinajstić information content (AvgIpc) is 4.38. The van der Waals surface area contributed by atoms with Crippen LogP contribution in [0.25, 0.3) is 132 Å². The van der Waals surface area contributed by atoms with E-state index < -0.39 is 23.5 Å². The molecule has 0 N–H and O–H groups in total. The summed E-state index contributed by atoms with van der Waals surface area (Å²) in [6.45, 7) is 0. The lowest BCUT2D eigenvalue weighted by molar-refractivity contribution is -0.138. The summed E-state index contributed by atoms with van der Waals surface area (Å²) in [6, 6.07) is 71.8. The molecule has 0 saturated carbocycles. The van der Waals surface area contributed by atoms with Gasteiger partial charge in [-0.1, -0.05) is 158 Å². The van der Waals surface area contributed by atoms with E-state index >= 15 is 26.3 Å². The molecule has 0 radical (unpaired) electrons. The summed E-state index contributed by atoms with van der Waals surface area (Å²) < 4.78 is 98.5. The fourth-order valence-electron chi connectivity index (χ4n) is 12.4. The van der Waals surface area contributed by atoms with Gasteiger partial charge in [0.05, 0.1) is 66.5 Å². The second-order valence-corrected chi connectivity index (χ2v) is 19.9. The lowest BCUT2D eigenvalue weighted by Gasteiger charge is -2.24. The first-order valence-electron chi connectivity index (χ1n) is 25.8. The minimum absolute atomic E-state index is 0.0136. The van der Waals surface area contributed by atoms with E-state index in [9.17, 15) is 5.26 Å². The first-order chi connectivity index (χ1) is 39.0. The summed E-state index contributed by atoms with van der Waals surface area (Å²) in [6.07, 6.45) is -9.55. The van der Waals surface area contributed by atoms with Crippen LogP contribution in [0.5, 0.6) is 0 Å². The van der Waals surface area contributed by atoms with Crippen molar-refractivity contribution in [2.45, 2.75) is 12.4 Å². The fraction of sp³-hybridized carbons (Fsp3) is 0.0294. The predicted molar refractivity (Wildman–Crippen MR) is 307 cm³/mol. The molecular weight excluding hydrogens is 1010 g/mol. The monoisotopic (exact) mass is 1050 g/mol. The maximum Gasteiger partial charge on any atom is 0.416 e. The molecule has 0 bridgehead atoms. The van der Waals surface area contributed by atoms with Gasteiger partial charge in [0.25, 0.3) is 0 Å². The number of aromatic nitrogens is 5. The van der Waals surface area contributed by atoms with Crippen LogP contribution >= 0.6 is 0 Å². The number of benzene rings is 10. The van der Waals surface area contributed by atoms with Crippen LogP contribution in [0.15, 0.2) is 231 Å². The summed E-state index contributed by atoms with van der Waals surface area (Å²) >= 11 is 0. The number of nitrogens with zero attached hydrogens (tertiary/aromatic N) is 6. The van der Waals surface area contributed by atoms with Gasteiger partial charge < -0.3 is 13.7 Å². The van der Waals surface area contributed by atoms with E-state index in [2.05, 4.69) is 21.3 Å². The highest BCUT2D eigenvalue weighted by molar-refractivity contribution is 6.19. The number of nitriles is 1. The van der Waals surface area contributed by atoms with Crippen molar-refractivity contribution in [2.75, 3.05) is 0 Å². The third-order valence-corrected chi connectivity index (χ3v) is 15.6. The molecule has 15 rings (SSSR count). The summed E-state index contributed by atoms with van der Waals surface area (Å²) in [4.78, 5) is 5.89. The molecule has 15 aromatic rings. The van der Waals surface area contributed by atoms with Gasteiger partial charge in [0.1, 0.15) is 11.8 Å². The number of hydrogen-bond donors (Lipinski definition) is 0. The summed E-state index contributed by atoms with van der Waals surface area (Å²) in [5, 5.41) is 18.3. The second-order valence-electron chi connectivity index (χ2n) is 19.9. The molecule has 80 heavy (non-hydrogen) atoms. The fourth-order valence-corrected chi connectivity index (χ4v) is 12.4. The zero-order chi connectivity index (χ0) is 54.2. The lowest BCUT2D eigenvalue weighted by Crippen LogP contribution is -2.13. The Morgan fingerprint density at radius 3 is 1.20 bits per heavy atom. The van der Waals surface area contributed by atoms with Crippen LogP contribution in [0.2, 0.25) is 0 Å². The Labute approximate surface area is 451 Å². The van der Waals surface area contributed by atoms with Crippen molar-refractivity contribution in [3.63, 3.8) is 0 Å². The third kappa shape index (κ3) is 6.83. The zero-order valence-electron chi connectivity index (χ0n) is 41.9. The van der Waals surface area contributed by atoms with Gasteiger partial charge in [0, 0.05) is 71.2 Å². The number of alkyl halides is 6. The normalized spacial score (nSPS) is 12.4. The van der Waals surface area contributed by atoms with E-state index in [-0.39, 0.29) is 28.1 Å². The second kappa shape index (κ2) is 17.3. The molecule has 0 aliphatic carbocycles. The first-order valence-corrected chi connectivity index (χ1v) is 25.8. The Kier molecular flexibility index (Phi) is 10.1. The Morgan fingerprint density at radius 2 is 0.725 bits per heavy atom. The van der Waals surface area contributed by atoms with Crippen molar-refractivity contribution in [1.82, 2.24) is 23.3 Å². The van der Waals surface area contributed by atoms with Gasteiger partial charge in [0.15, 0.2) is 5.82 Å². The number of halogens is 6. The highest BCUT2D eigenvalue weighted by atomic mass is 19.4. The number of hydrogen-bond acceptors (Lipinski definition) is 2.